The molecule has 0 saturated heterocycles. The second kappa shape index (κ2) is 6.85. The Bertz CT molecular complexity index is 501. The Morgan fingerprint density at radius 2 is 1.90 bits per heavy atom. The highest BCUT2D eigenvalue weighted by Gasteiger charge is 2.22. The van der Waals surface area contributed by atoms with E-state index >= 15 is 0 Å². The molecule has 2 atom stereocenters. The molecular formula is C15H22F2N2O2. The van der Waals surface area contributed by atoms with Crippen LogP contribution in [0.3, 0.4) is 0 Å². The average molecular weight is 300 g/mol. The van der Waals surface area contributed by atoms with Gasteiger partial charge in [0.1, 0.15) is 0 Å². The molecule has 0 aliphatic rings. The first kappa shape index (κ1) is 17.4. The lowest BCUT2D eigenvalue weighted by molar-refractivity contribution is 0.0649. The molecule has 0 aromatic heterocycles. The van der Waals surface area contributed by atoms with Crippen LogP contribution in [-0.4, -0.2) is 23.8 Å². The van der Waals surface area contributed by atoms with Crippen molar-refractivity contribution in [3.05, 3.63) is 35.4 Å². The molecule has 4 nitrogen and oxygen atoms in total. The number of halogens is 2. The van der Waals surface area contributed by atoms with Gasteiger partial charge in [-0.05, 0) is 30.0 Å². The van der Waals surface area contributed by atoms with Crippen LogP contribution in [0.5, 0.6) is 0 Å². The van der Waals surface area contributed by atoms with E-state index in [4.69, 9.17) is 0 Å². The molecule has 1 rings (SSSR count). The normalized spacial score (nSPS) is 14.4. The largest absolute Gasteiger partial charge is 0.391 e. The SMILES string of the molecule is CC(NC(=O)NCC(O)C(C)(C)C)c1ccc(F)c(F)c1. The summed E-state index contributed by atoms with van der Waals surface area (Å²) in [5.74, 6) is -1.88. The number of aliphatic hydroxyl groups is 1. The van der Waals surface area contributed by atoms with Crippen molar-refractivity contribution in [1.29, 1.82) is 0 Å². The minimum absolute atomic E-state index is 0.111. The molecule has 6 heteroatoms. The molecule has 0 aliphatic heterocycles. The topological polar surface area (TPSA) is 61.4 Å². The summed E-state index contributed by atoms with van der Waals surface area (Å²) in [6.45, 7) is 7.36. The Kier molecular flexibility index (Phi) is 5.66. The highest BCUT2D eigenvalue weighted by Crippen LogP contribution is 2.18. The van der Waals surface area contributed by atoms with Crippen molar-refractivity contribution in [3.8, 4) is 0 Å². The van der Waals surface area contributed by atoms with Gasteiger partial charge in [0.05, 0.1) is 12.1 Å². The molecule has 3 N–H and O–H groups in total. The van der Waals surface area contributed by atoms with E-state index in [9.17, 15) is 18.7 Å². The van der Waals surface area contributed by atoms with Crippen molar-refractivity contribution in [1.82, 2.24) is 10.6 Å². The maximum atomic E-state index is 13.1. The molecule has 0 bridgehead atoms. The van der Waals surface area contributed by atoms with E-state index in [-0.39, 0.29) is 12.0 Å². The number of hydrogen-bond acceptors (Lipinski definition) is 2. The quantitative estimate of drug-likeness (QED) is 0.800. The van der Waals surface area contributed by atoms with Gasteiger partial charge in [-0.2, -0.15) is 0 Å². The Balaban J connectivity index is 2.52. The smallest absolute Gasteiger partial charge is 0.315 e. The molecule has 0 spiro atoms. The minimum atomic E-state index is -0.954. The first-order chi connectivity index (χ1) is 9.61. The summed E-state index contributed by atoms with van der Waals surface area (Å²) in [5.41, 5.74) is 0.124. The van der Waals surface area contributed by atoms with Crippen LogP contribution in [0.25, 0.3) is 0 Å². The zero-order chi connectivity index (χ0) is 16.2. The van der Waals surface area contributed by atoms with E-state index in [2.05, 4.69) is 10.6 Å². The molecule has 118 valence electrons. The van der Waals surface area contributed by atoms with Gasteiger partial charge < -0.3 is 15.7 Å². The molecule has 2 unspecified atom stereocenters. The fourth-order valence-corrected chi connectivity index (χ4v) is 1.61. The van der Waals surface area contributed by atoms with Crippen molar-refractivity contribution >= 4 is 6.03 Å². The minimum Gasteiger partial charge on any atom is -0.391 e. The number of aliphatic hydroxyl groups excluding tert-OH is 1. The summed E-state index contributed by atoms with van der Waals surface area (Å²) in [5, 5.41) is 15.0. The summed E-state index contributed by atoms with van der Waals surface area (Å²) in [6, 6.07) is 2.52. The van der Waals surface area contributed by atoms with Gasteiger partial charge in [0.15, 0.2) is 11.6 Å². The van der Waals surface area contributed by atoms with E-state index < -0.39 is 29.8 Å². The number of nitrogens with one attached hydrogen (secondary N) is 2. The zero-order valence-corrected chi connectivity index (χ0v) is 12.7. The number of amides is 2. The molecular weight excluding hydrogens is 278 g/mol. The Morgan fingerprint density at radius 1 is 1.29 bits per heavy atom. The van der Waals surface area contributed by atoms with E-state index in [0.29, 0.717) is 5.56 Å². The number of rotatable bonds is 4. The lowest BCUT2D eigenvalue weighted by atomic mass is 9.89. The zero-order valence-electron chi connectivity index (χ0n) is 12.7. The summed E-state index contributed by atoms with van der Waals surface area (Å²) in [6.07, 6.45) is -0.679. The standard InChI is InChI=1S/C15H22F2N2O2/c1-9(10-5-6-11(16)12(17)7-10)19-14(21)18-8-13(20)15(2,3)4/h5-7,9,13,20H,8H2,1-4H3,(H2,18,19,21). The van der Waals surface area contributed by atoms with Crippen LogP contribution in [0.15, 0.2) is 18.2 Å². The Morgan fingerprint density at radius 3 is 2.43 bits per heavy atom. The van der Waals surface area contributed by atoms with Crippen molar-refractivity contribution in [2.75, 3.05) is 6.54 Å². The summed E-state index contributed by atoms with van der Waals surface area (Å²) in [4.78, 5) is 11.7. The molecule has 0 heterocycles. The van der Waals surface area contributed by atoms with Crippen LogP contribution >= 0.6 is 0 Å². The van der Waals surface area contributed by atoms with Gasteiger partial charge in [0, 0.05) is 6.54 Å². The fraction of sp³-hybridized carbons (Fsp3) is 0.533. The summed E-state index contributed by atoms with van der Waals surface area (Å²) in [7, 11) is 0. The lowest BCUT2D eigenvalue weighted by Gasteiger charge is -2.26. The van der Waals surface area contributed by atoms with Crippen molar-refractivity contribution in [2.24, 2.45) is 5.41 Å². The van der Waals surface area contributed by atoms with Crippen LogP contribution in [0.2, 0.25) is 0 Å². The first-order valence-electron chi connectivity index (χ1n) is 6.78. The summed E-state index contributed by atoms with van der Waals surface area (Å²) >= 11 is 0. The third-order valence-electron chi connectivity index (χ3n) is 3.25. The number of benzene rings is 1. The van der Waals surface area contributed by atoms with Crippen LogP contribution in [0.1, 0.15) is 39.3 Å². The van der Waals surface area contributed by atoms with Gasteiger partial charge in [0.25, 0.3) is 0 Å². The van der Waals surface area contributed by atoms with Gasteiger partial charge >= 0.3 is 6.03 Å². The van der Waals surface area contributed by atoms with Crippen LogP contribution in [-0.2, 0) is 0 Å². The fourth-order valence-electron chi connectivity index (χ4n) is 1.61. The average Bonchev–Trinajstić information content (AvgIpc) is 2.37. The molecule has 0 aliphatic carbocycles. The predicted octanol–water partition coefficient (Wildman–Crippen LogP) is 2.73. The molecule has 0 saturated carbocycles. The third kappa shape index (κ3) is 5.30. The molecule has 0 radical (unpaired) electrons. The third-order valence-corrected chi connectivity index (χ3v) is 3.25. The molecule has 1 aromatic carbocycles. The van der Waals surface area contributed by atoms with E-state index in [1.807, 2.05) is 20.8 Å². The first-order valence-corrected chi connectivity index (χ1v) is 6.78. The highest BCUT2D eigenvalue weighted by molar-refractivity contribution is 5.74. The maximum absolute atomic E-state index is 13.1. The van der Waals surface area contributed by atoms with Crippen LogP contribution in [0.4, 0.5) is 13.6 Å². The number of urea groups is 1. The van der Waals surface area contributed by atoms with Crippen molar-refractivity contribution < 1.29 is 18.7 Å². The second-order valence-electron chi connectivity index (χ2n) is 6.13. The van der Waals surface area contributed by atoms with Crippen LogP contribution in [0, 0.1) is 17.0 Å². The van der Waals surface area contributed by atoms with Gasteiger partial charge in [-0.1, -0.05) is 26.8 Å². The van der Waals surface area contributed by atoms with E-state index in [0.717, 1.165) is 12.1 Å². The molecule has 2 amide bonds. The van der Waals surface area contributed by atoms with Gasteiger partial charge in [-0.25, -0.2) is 13.6 Å². The Labute approximate surface area is 123 Å². The number of carbonyl (C=O) groups is 1. The van der Waals surface area contributed by atoms with Crippen LogP contribution < -0.4 is 10.6 Å². The number of hydrogen-bond donors (Lipinski definition) is 3. The molecule has 21 heavy (non-hydrogen) atoms. The van der Waals surface area contributed by atoms with Crippen molar-refractivity contribution in [2.45, 2.75) is 39.8 Å². The van der Waals surface area contributed by atoms with E-state index in [1.54, 1.807) is 6.92 Å². The van der Waals surface area contributed by atoms with E-state index in [1.165, 1.54) is 6.07 Å². The Hall–Kier alpha value is -1.69. The summed E-state index contributed by atoms with van der Waals surface area (Å²) < 4.78 is 26.0. The monoisotopic (exact) mass is 300 g/mol. The molecule has 0 fully saturated rings. The van der Waals surface area contributed by atoms with Gasteiger partial charge in [-0.15, -0.1) is 0 Å². The van der Waals surface area contributed by atoms with Gasteiger partial charge in [0.2, 0.25) is 0 Å². The molecule has 1 aromatic rings. The predicted molar refractivity (Wildman–Crippen MR) is 76.8 cm³/mol. The maximum Gasteiger partial charge on any atom is 0.315 e. The number of carbonyl (C=O) groups excluding carboxylic acids is 1. The van der Waals surface area contributed by atoms with Gasteiger partial charge in [-0.3, -0.25) is 0 Å². The lowest BCUT2D eigenvalue weighted by Crippen LogP contribution is -2.44. The second-order valence-corrected chi connectivity index (χ2v) is 6.13. The highest BCUT2D eigenvalue weighted by atomic mass is 19.2. The van der Waals surface area contributed by atoms with Crippen molar-refractivity contribution in [3.63, 3.8) is 0 Å².